The fourth-order valence-corrected chi connectivity index (χ4v) is 1.12. The van der Waals surface area contributed by atoms with Crippen LogP contribution in [0.4, 0.5) is 0 Å². The monoisotopic (exact) mass is 339 g/mol. The Morgan fingerprint density at radius 1 is 1.22 bits per heavy atom. The number of aromatic nitrogens is 1. The van der Waals surface area contributed by atoms with Crippen LogP contribution in [0.5, 0.6) is 5.88 Å². The Hall–Kier alpha value is -2.21. The molecule has 0 aliphatic rings. The number of Topliss-reactive ketones (excluding diaryl/α,β-unsaturated/α-hetero) is 1. The van der Waals surface area contributed by atoms with Gasteiger partial charge in [-0.05, 0) is 39.0 Å². The van der Waals surface area contributed by atoms with Crippen molar-refractivity contribution in [3.63, 3.8) is 0 Å². The Kier molecular flexibility index (Phi) is 12.4. The molecule has 0 spiro atoms. The van der Waals surface area contributed by atoms with Crippen LogP contribution in [-0.2, 0) is 9.84 Å². The number of sulfone groups is 1. The van der Waals surface area contributed by atoms with E-state index in [1.54, 1.807) is 12.1 Å². The number of allylic oxidation sites excluding steroid dienone is 3. The van der Waals surface area contributed by atoms with E-state index in [-0.39, 0.29) is 5.78 Å². The summed E-state index contributed by atoms with van der Waals surface area (Å²) in [6.07, 6.45) is 9.42. The molecule has 0 aromatic carbocycles. The summed E-state index contributed by atoms with van der Waals surface area (Å²) in [7, 11) is -2.67. The minimum absolute atomic E-state index is 0.00115. The second kappa shape index (κ2) is 12.3. The molecule has 6 heteroatoms. The number of rotatable bonds is 4. The van der Waals surface area contributed by atoms with E-state index in [1.165, 1.54) is 13.1 Å². The standard InChI is InChI=1S/C13H15NO2.C2H6O2S.C2H4/c1-4-6-12(5-2)16-13-8-7-11(9-14-13)10(3)15;1-5(2,3)4;1-2/h4-9H,1-3H3;1-2H3;1-2H2/b6-4-,12-5+;;. The van der Waals surface area contributed by atoms with Gasteiger partial charge in [0.15, 0.2) is 5.78 Å². The van der Waals surface area contributed by atoms with Crippen LogP contribution in [0.3, 0.4) is 0 Å². The smallest absolute Gasteiger partial charge is 0.219 e. The number of ketones is 1. The molecule has 5 nitrogen and oxygen atoms in total. The minimum atomic E-state index is -2.67. The van der Waals surface area contributed by atoms with Crippen LogP contribution in [0.15, 0.2) is 55.5 Å². The maximum atomic E-state index is 11.0. The summed E-state index contributed by atoms with van der Waals surface area (Å²) in [6, 6.07) is 3.39. The van der Waals surface area contributed by atoms with Gasteiger partial charge in [0.2, 0.25) is 5.88 Å². The molecular formula is C17H25NO4S. The first-order chi connectivity index (χ1) is 10.7. The Labute approximate surface area is 139 Å². The Morgan fingerprint density at radius 3 is 2.04 bits per heavy atom. The summed E-state index contributed by atoms with van der Waals surface area (Å²) in [5.41, 5.74) is 0.584. The third kappa shape index (κ3) is 14.5. The quantitative estimate of drug-likeness (QED) is 0.363. The van der Waals surface area contributed by atoms with Crippen LogP contribution >= 0.6 is 0 Å². The molecule has 0 atom stereocenters. The van der Waals surface area contributed by atoms with Crippen LogP contribution in [0.1, 0.15) is 31.1 Å². The second-order valence-electron chi connectivity index (χ2n) is 4.38. The SMILES string of the molecule is C/C=C\C(=C/C)Oc1ccc(C(C)=O)cn1.C=C.CS(C)(=O)=O. The highest BCUT2D eigenvalue weighted by atomic mass is 32.2. The minimum Gasteiger partial charge on any atom is -0.439 e. The first-order valence-corrected chi connectivity index (χ1v) is 9.06. The van der Waals surface area contributed by atoms with Gasteiger partial charge in [0.05, 0.1) is 0 Å². The molecule has 0 radical (unpaired) electrons. The van der Waals surface area contributed by atoms with Crippen molar-refractivity contribution in [2.75, 3.05) is 12.5 Å². The van der Waals surface area contributed by atoms with Crippen molar-refractivity contribution in [2.45, 2.75) is 20.8 Å². The highest BCUT2D eigenvalue weighted by molar-refractivity contribution is 7.89. The predicted molar refractivity (Wildman–Crippen MR) is 95.5 cm³/mol. The lowest BCUT2D eigenvalue weighted by Gasteiger charge is -2.04. The number of hydrogen-bond acceptors (Lipinski definition) is 5. The number of nitrogens with zero attached hydrogens (tertiary/aromatic N) is 1. The molecule has 1 aromatic rings. The largest absolute Gasteiger partial charge is 0.439 e. The van der Waals surface area contributed by atoms with Crippen molar-refractivity contribution >= 4 is 15.6 Å². The van der Waals surface area contributed by atoms with E-state index in [0.29, 0.717) is 11.4 Å². The molecule has 0 aliphatic heterocycles. The maximum absolute atomic E-state index is 11.0. The summed E-state index contributed by atoms with van der Waals surface area (Å²) in [4.78, 5) is 15.1. The lowest BCUT2D eigenvalue weighted by atomic mass is 10.2. The van der Waals surface area contributed by atoms with E-state index in [1.807, 2.05) is 32.1 Å². The van der Waals surface area contributed by atoms with Crippen molar-refractivity contribution in [3.8, 4) is 5.88 Å². The number of carbonyl (C=O) groups excluding carboxylic acids is 1. The lowest BCUT2D eigenvalue weighted by Crippen LogP contribution is -1.97. The van der Waals surface area contributed by atoms with E-state index < -0.39 is 9.84 Å². The highest BCUT2D eigenvalue weighted by Gasteiger charge is 2.01. The summed E-state index contributed by atoms with van der Waals surface area (Å²) in [6.45, 7) is 11.3. The van der Waals surface area contributed by atoms with Gasteiger partial charge in [0.25, 0.3) is 0 Å². The molecule has 0 N–H and O–H groups in total. The first kappa shape index (κ1) is 23.1. The molecule has 0 saturated heterocycles. The molecular weight excluding hydrogens is 314 g/mol. The van der Waals surface area contributed by atoms with E-state index >= 15 is 0 Å². The van der Waals surface area contributed by atoms with Crippen molar-refractivity contribution in [3.05, 3.63) is 61.0 Å². The average Bonchev–Trinajstić information content (AvgIpc) is 2.47. The molecule has 128 valence electrons. The molecule has 1 rings (SSSR count). The molecule has 0 saturated carbocycles. The number of carbonyl (C=O) groups is 1. The van der Waals surface area contributed by atoms with Gasteiger partial charge in [-0.1, -0.05) is 6.08 Å². The summed E-state index contributed by atoms with van der Waals surface area (Å²) >= 11 is 0. The zero-order valence-corrected chi connectivity index (χ0v) is 15.2. The van der Waals surface area contributed by atoms with Crippen LogP contribution in [-0.4, -0.2) is 31.7 Å². The Bertz CT molecular complexity index is 621. The zero-order chi connectivity index (χ0) is 18.5. The molecule has 0 bridgehead atoms. The predicted octanol–water partition coefficient (Wildman–Crippen LogP) is 3.61. The lowest BCUT2D eigenvalue weighted by molar-refractivity contribution is 0.101. The van der Waals surface area contributed by atoms with E-state index in [0.717, 1.165) is 18.3 Å². The van der Waals surface area contributed by atoms with Gasteiger partial charge in [-0.15, -0.1) is 13.2 Å². The first-order valence-electron chi connectivity index (χ1n) is 6.76. The number of hydrogen-bond donors (Lipinski definition) is 0. The van der Waals surface area contributed by atoms with Crippen LogP contribution in [0, 0.1) is 0 Å². The van der Waals surface area contributed by atoms with E-state index in [9.17, 15) is 13.2 Å². The maximum Gasteiger partial charge on any atom is 0.219 e. The van der Waals surface area contributed by atoms with Gasteiger partial charge in [-0.2, -0.15) is 0 Å². The van der Waals surface area contributed by atoms with Gasteiger partial charge in [0, 0.05) is 30.3 Å². The van der Waals surface area contributed by atoms with Crippen molar-refractivity contribution in [2.24, 2.45) is 0 Å². The van der Waals surface area contributed by atoms with Crippen molar-refractivity contribution < 1.29 is 17.9 Å². The van der Waals surface area contributed by atoms with Gasteiger partial charge in [-0.3, -0.25) is 4.79 Å². The molecule has 0 aliphatic carbocycles. The number of pyridine rings is 1. The average molecular weight is 339 g/mol. The van der Waals surface area contributed by atoms with Gasteiger partial charge < -0.3 is 4.74 Å². The van der Waals surface area contributed by atoms with E-state index in [4.69, 9.17) is 4.74 Å². The zero-order valence-electron chi connectivity index (χ0n) is 14.4. The second-order valence-corrected chi connectivity index (χ2v) is 6.66. The topological polar surface area (TPSA) is 73.3 Å². The fourth-order valence-electron chi connectivity index (χ4n) is 1.12. The third-order valence-corrected chi connectivity index (χ3v) is 1.98. The highest BCUT2D eigenvalue weighted by Crippen LogP contribution is 2.12. The molecule has 23 heavy (non-hydrogen) atoms. The fraction of sp³-hybridized carbons (Fsp3) is 0.294. The number of ether oxygens (including phenoxy) is 1. The summed E-state index contributed by atoms with van der Waals surface area (Å²) in [5.74, 6) is 1.21. The van der Waals surface area contributed by atoms with Crippen LogP contribution in [0.25, 0.3) is 0 Å². The molecule has 1 heterocycles. The van der Waals surface area contributed by atoms with Crippen molar-refractivity contribution in [1.82, 2.24) is 4.98 Å². The molecule has 0 unspecified atom stereocenters. The molecule has 1 aromatic heterocycles. The molecule has 0 amide bonds. The van der Waals surface area contributed by atoms with Crippen LogP contribution in [0.2, 0.25) is 0 Å². The Morgan fingerprint density at radius 2 is 1.74 bits per heavy atom. The van der Waals surface area contributed by atoms with Gasteiger partial charge in [0.1, 0.15) is 15.6 Å². The Balaban J connectivity index is 0. The van der Waals surface area contributed by atoms with Gasteiger partial charge in [-0.25, -0.2) is 13.4 Å². The summed E-state index contributed by atoms with van der Waals surface area (Å²) in [5, 5.41) is 0. The third-order valence-electron chi connectivity index (χ3n) is 1.98. The van der Waals surface area contributed by atoms with Crippen molar-refractivity contribution in [1.29, 1.82) is 0 Å². The molecule has 0 fully saturated rings. The normalized spacial score (nSPS) is 10.9. The van der Waals surface area contributed by atoms with Crippen LogP contribution < -0.4 is 4.74 Å². The van der Waals surface area contributed by atoms with Gasteiger partial charge >= 0.3 is 0 Å². The summed E-state index contributed by atoms with van der Waals surface area (Å²) < 4.78 is 24.8. The van der Waals surface area contributed by atoms with E-state index in [2.05, 4.69) is 18.1 Å².